The van der Waals surface area contributed by atoms with Gasteiger partial charge in [0.05, 0.1) is 26.4 Å². The van der Waals surface area contributed by atoms with Crippen molar-refractivity contribution in [2.45, 2.75) is 25.7 Å². The quantitative estimate of drug-likeness (QED) is 0.831. The average molecular weight is 305 g/mol. The van der Waals surface area contributed by atoms with Gasteiger partial charge in [0.2, 0.25) is 5.91 Å². The number of hydrogen-bond donors (Lipinski definition) is 0. The van der Waals surface area contributed by atoms with E-state index in [0.717, 1.165) is 16.2 Å². The summed E-state index contributed by atoms with van der Waals surface area (Å²) < 4.78 is 47.6. The van der Waals surface area contributed by atoms with Crippen LogP contribution in [0.25, 0.3) is 0 Å². The van der Waals surface area contributed by atoms with Crippen LogP contribution < -0.4 is 0 Å². The lowest BCUT2D eigenvalue weighted by atomic mass is 10.1. The minimum Gasteiger partial charge on any atom is -0.376 e. The summed E-state index contributed by atoms with van der Waals surface area (Å²) in [4.78, 5) is 14.0. The van der Waals surface area contributed by atoms with E-state index in [1.807, 2.05) is 0 Å². The Labute approximate surface area is 118 Å². The molecule has 0 spiro atoms. The van der Waals surface area contributed by atoms with Crippen molar-refractivity contribution < 1.29 is 27.2 Å². The zero-order valence-corrected chi connectivity index (χ0v) is 11.2. The summed E-state index contributed by atoms with van der Waals surface area (Å²) in [5.41, 5.74) is 1.48. The molecule has 1 saturated heterocycles. The van der Waals surface area contributed by atoms with E-state index >= 15 is 0 Å². The fourth-order valence-corrected chi connectivity index (χ4v) is 2.54. The van der Waals surface area contributed by atoms with Gasteiger partial charge in [-0.3, -0.25) is 9.69 Å². The van der Waals surface area contributed by atoms with Crippen LogP contribution in [0.15, 0.2) is 4.52 Å². The summed E-state index contributed by atoms with van der Waals surface area (Å²) in [5, 5.41) is 3.94. The smallest absolute Gasteiger partial charge is 0.376 e. The number of hydrogen-bond acceptors (Lipinski definition) is 5. The summed E-state index contributed by atoms with van der Waals surface area (Å²) in [5.74, 6) is 0.231. The molecule has 1 aromatic rings. The van der Waals surface area contributed by atoms with Crippen LogP contribution >= 0.6 is 0 Å². The van der Waals surface area contributed by atoms with Crippen LogP contribution in [0.5, 0.6) is 0 Å². The first-order chi connectivity index (χ1) is 9.92. The van der Waals surface area contributed by atoms with E-state index < -0.39 is 18.6 Å². The van der Waals surface area contributed by atoms with Gasteiger partial charge in [-0.1, -0.05) is 5.16 Å². The standard InChI is InChI=1S/C12H14F3N3O3/c13-12(14,15)6-18-7-17(4-11(18)19)3-9-8-5-20-2-1-10(8)21-16-9/h1-7H2. The Kier molecular flexibility index (Phi) is 3.62. The van der Waals surface area contributed by atoms with Gasteiger partial charge in [-0.2, -0.15) is 13.2 Å². The predicted octanol–water partition coefficient (Wildman–Crippen LogP) is 0.911. The van der Waals surface area contributed by atoms with Crippen LogP contribution in [-0.4, -0.2) is 53.4 Å². The lowest BCUT2D eigenvalue weighted by Gasteiger charge is -2.19. The fourth-order valence-electron chi connectivity index (χ4n) is 2.54. The largest absolute Gasteiger partial charge is 0.406 e. The summed E-state index contributed by atoms with van der Waals surface area (Å²) in [6.07, 6.45) is -3.74. The lowest BCUT2D eigenvalue weighted by Crippen LogP contribution is -2.36. The number of nitrogens with zero attached hydrogens (tertiary/aromatic N) is 3. The molecule has 0 radical (unpaired) electrons. The topological polar surface area (TPSA) is 58.8 Å². The zero-order valence-electron chi connectivity index (χ0n) is 11.2. The van der Waals surface area contributed by atoms with Gasteiger partial charge in [-0.15, -0.1) is 0 Å². The zero-order chi connectivity index (χ0) is 15.0. The van der Waals surface area contributed by atoms with Gasteiger partial charge in [-0.25, -0.2) is 0 Å². The van der Waals surface area contributed by atoms with Crippen molar-refractivity contribution in [2.24, 2.45) is 0 Å². The second-order valence-electron chi connectivity index (χ2n) is 5.17. The Morgan fingerprint density at radius 1 is 1.33 bits per heavy atom. The van der Waals surface area contributed by atoms with E-state index in [1.54, 1.807) is 4.90 Å². The van der Waals surface area contributed by atoms with E-state index in [9.17, 15) is 18.0 Å². The van der Waals surface area contributed by atoms with E-state index in [0.29, 0.717) is 25.3 Å². The molecule has 6 nitrogen and oxygen atoms in total. The first-order valence-corrected chi connectivity index (χ1v) is 6.53. The van der Waals surface area contributed by atoms with Crippen molar-refractivity contribution in [1.82, 2.24) is 15.0 Å². The number of aromatic nitrogens is 1. The fraction of sp³-hybridized carbons (Fsp3) is 0.667. The van der Waals surface area contributed by atoms with Gasteiger partial charge in [0, 0.05) is 18.5 Å². The van der Waals surface area contributed by atoms with Gasteiger partial charge in [-0.05, 0) is 0 Å². The first-order valence-electron chi connectivity index (χ1n) is 6.53. The van der Waals surface area contributed by atoms with Crippen LogP contribution in [0.1, 0.15) is 17.0 Å². The first kappa shape index (κ1) is 14.3. The second-order valence-corrected chi connectivity index (χ2v) is 5.17. The Balaban J connectivity index is 1.64. The molecule has 0 N–H and O–H groups in total. The lowest BCUT2D eigenvalue weighted by molar-refractivity contribution is -0.157. The highest BCUT2D eigenvalue weighted by Crippen LogP contribution is 2.24. The van der Waals surface area contributed by atoms with Crippen molar-refractivity contribution in [1.29, 1.82) is 0 Å². The van der Waals surface area contributed by atoms with Gasteiger partial charge >= 0.3 is 6.18 Å². The monoisotopic (exact) mass is 305 g/mol. The molecule has 3 heterocycles. The molecule has 21 heavy (non-hydrogen) atoms. The molecular formula is C12H14F3N3O3. The molecule has 0 aromatic carbocycles. The molecule has 3 rings (SSSR count). The highest BCUT2D eigenvalue weighted by molar-refractivity contribution is 5.80. The second kappa shape index (κ2) is 5.30. The molecule has 116 valence electrons. The molecule has 0 atom stereocenters. The Morgan fingerprint density at radius 3 is 2.90 bits per heavy atom. The third kappa shape index (κ3) is 3.18. The van der Waals surface area contributed by atoms with Crippen LogP contribution in [-0.2, 0) is 29.1 Å². The number of carbonyl (C=O) groups is 1. The molecule has 0 unspecified atom stereocenters. The molecule has 9 heteroatoms. The van der Waals surface area contributed by atoms with E-state index in [1.165, 1.54) is 0 Å². The molecule has 2 aliphatic rings. The third-order valence-corrected chi connectivity index (χ3v) is 3.50. The van der Waals surface area contributed by atoms with Gasteiger partial charge in [0.25, 0.3) is 0 Å². The van der Waals surface area contributed by atoms with Crippen molar-refractivity contribution in [3.8, 4) is 0 Å². The number of carbonyl (C=O) groups excluding carboxylic acids is 1. The van der Waals surface area contributed by atoms with E-state index in [2.05, 4.69) is 5.16 Å². The molecule has 1 fully saturated rings. The number of rotatable bonds is 3. The van der Waals surface area contributed by atoms with Gasteiger partial charge < -0.3 is 14.2 Å². The van der Waals surface area contributed by atoms with E-state index in [4.69, 9.17) is 9.26 Å². The molecular weight excluding hydrogens is 291 g/mol. The average Bonchev–Trinajstić information content (AvgIpc) is 2.94. The predicted molar refractivity (Wildman–Crippen MR) is 62.9 cm³/mol. The number of halogens is 3. The summed E-state index contributed by atoms with van der Waals surface area (Å²) in [6, 6.07) is 0. The van der Waals surface area contributed by atoms with E-state index in [-0.39, 0.29) is 19.8 Å². The van der Waals surface area contributed by atoms with Crippen LogP contribution in [0.3, 0.4) is 0 Å². The van der Waals surface area contributed by atoms with Gasteiger partial charge in [0.1, 0.15) is 18.0 Å². The number of alkyl halides is 3. The van der Waals surface area contributed by atoms with Gasteiger partial charge in [0.15, 0.2) is 0 Å². The normalized spacial score (nSPS) is 20.1. The maximum Gasteiger partial charge on any atom is 0.406 e. The number of amides is 1. The number of ether oxygens (including phenoxy) is 1. The maximum atomic E-state index is 12.4. The maximum absolute atomic E-state index is 12.4. The van der Waals surface area contributed by atoms with Crippen LogP contribution in [0, 0.1) is 0 Å². The highest BCUT2D eigenvalue weighted by Gasteiger charge is 2.38. The third-order valence-electron chi connectivity index (χ3n) is 3.50. The van der Waals surface area contributed by atoms with Crippen molar-refractivity contribution in [2.75, 3.05) is 26.4 Å². The molecule has 0 bridgehead atoms. The Bertz CT molecular complexity index is 544. The SMILES string of the molecule is O=C1CN(Cc2noc3c2COCC3)CN1CC(F)(F)F. The van der Waals surface area contributed by atoms with Crippen molar-refractivity contribution in [3.63, 3.8) is 0 Å². The molecule has 1 aromatic heterocycles. The van der Waals surface area contributed by atoms with Crippen LogP contribution in [0.4, 0.5) is 13.2 Å². The minimum absolute atomic E-state index is 0.0431. The van der Waals surface area contributed by atoms with Crippen molar-refractivity contribution >= 4 is 5.91 Å². The summed E-state index contributed by atoms with van der Waals surface area (Å²) >= 11 is 0. The summed E-state index contributed by atoms with van der Waals surface area (Å²) in [6.45, 7) is -0.0739. The Morgan fingerprint density at radius 2 is 2.14 bits per heavy atom. The molecule has 1 amide bonds. The van der Waals surface area contributed by atoms with Crippen molar-refractivity contribution in [3.05, 3.63) is 17.0 Å². The Hall–Kier alpha value is -1.61. The number of fused-ring (bicyclic) bond motifs is 1. The molecule has 0 saturated carbocycles. The molecule has 0 aliphatic carbocycles. The highest BCUT2D eigenvalue weighted by atomic mass is 19.4. The van der Waals surface area contributed by atoms with Crippen LogP contribution in [0.2, 0.25) is 0 Å². The summed E-state index contributed by atoms with van der Waals surface area (Å²) in [7, 11) is 0. The molecule has 2 aliphatic heterocycles. The minimum atomic E-state index is -4.38.